The topological polar surface area (TPSA) is 74.8 Å². The van der Waals surface area contributed by atoms with E-state index in [0.29, 0.717) is 19.6 Å². The minimum absolute atomic E-state index is 0.0347. The van der Waals surface area contributed by atoms with Crippen LogP contribution >= 0.6 is 0 Å². The molecule has 1 atom stereocenters. The van der Waals surface area contributed by atoms with Gasteiger partial charge in [0, 0.05) is 25.6 Å². The van der Waals surface area contributed by atoms with Crippen molar-refractivity contribution >= 4 is 11.9 Å². The zero-order valence-electron chi connectivity index (χ0n) is 15.3. The Morgan fingerprint density at radius 3 is 2.52 bits per heavy atom. The number of rotatable bonds is 10. The van der Waals surface area contributed by atoms with E-state index in [1.54, 1.807) is 0 Å². The van der Waals surface area contributed by atoms with E-state index in [9.17, 15) is 4.79 Å². The van der Waals surface area contributed by atoms with E-state index in [1.165, 1.54) is 0 Å². The lowest BCUT2D eigenvalue weighted by molar-refractivity contribution is -0.122. The first-order valence-corrected chi connectivity index (χ1v) is 9.24. The van der Waals surface area contributed by atoms with Crippen LogP contribution in [0.5, 0.6) is 5.75 Å². The summed E-state index contributed by atoms with van der Waals surface area (Å²) in [6, 6.07) is 9.82. The molecule has 0 saturated heterocycles. The van der Waals surface area contributed by atoms with Crippen LogP contribution in [-0.2, 0) is 4.79 Å². The van der Waals surface area contributed by atoms with E-state index in [4.69, 9.17) is 4.74 Å². The van der Waals surface area contributed by atoms with Gasteiger partial charge in [-0.15, -0.1) is 0 Å². The maximum Gasteiger partial charge on any atom is 0.223 e. The van der Waals surface area contributed by atoms with Gasteiger partial charge in [-0.3, -0.25) is 4.79 Å². The molecule has 2 rings (SSSR count). The normalized spacial score (nSPS) is 15.4. The Morgan fingerprint density at radius 1 is 1.16 bits per heavy atom. The van der Waals surface area contributed by atoms with Gasteiger partial charge in [0.2, 0.25) is 5.91 Å². The number of amides is 1. The minimum Gasteiger partial charge on any atom is -0.489 e. The highest BCUT2D eigenvalue weighted by Gasteiger charge is 2.28. The zero-order chi connectivity index (χ0) is 17.9. The second kappa shape index (κ2) is 10.6. The maximum absolute atomic E-state index is 11.6. The molecule has 1 saturated carbocycles. The molecule has 0 aromatic heterocycles. The molecule has 138 valence electrons. The van der Waals surface area contributed by atoms with Gasteiger partial charge in [0.1, 0.15) is 11.9 Å². The van der Waals surface area contributed by atoms with E-state index >= 15 is 0 Å². The van der Waals surface area contributed by atoms with Crippen molar-refractivity contribution < 1.29 is 9.53 Å². The maximum atomic E-state index is 11.6. The second-order valence-corrected chi connectivity index (χ2v) is 6.17. The van der Waals surface area contributed by atoms with E-state index in [-0.39, 0.29) is 17.9 Å². The van der Waals surface area contributed by atoms with Crippen LogP contribution in [0.1, 0.15) is 33.1 Å². The molecule has 0 radical (unpaired) electrons. The SMILES string of the molecule is CCNC(=NCC(CC)Oc1ccccc1)NCCNC(=O)C1CC1. The standard InChI is InChI=1S/C19H30N4O2/c1-3-16(25-17-8-6-5-7-9-17)14-23-19(20-4-2)22-13-12-21-18(24)15-10-11-15/h5-9,15-16H,3-4,10-14H2,1-2H3,(H,21,24)(H2,20,22,23). The van der Waals surface area contributed by atoms with Crippen molar-refractivity contribution in [3.8, 4) is 5.75 Å². The van der Waals surface area contributed by atoms with Crippen molar-refractivity contribution in [3.05, 3.63) is 30.3 Å². The molecule has 6 nitrogen and oxygen atoms in total. The molecule has 0 heterocycles. The molecule has 3 N–H and O–H groups in total. The lowest BCUT2D eigenvalue weighted by Crippen LogP contribution is -2.42. The Balaban J connectivity index is 1.74. The van der Waals surface area contributed by atoms with E-state index < -0.39 is 0 Å². The van der Waals surface area contributed by atoms with Crippen LogP contribution < -0.4 is 20.7 Å². The van der Waals surface area contributed by atoms with E-state index in [2.05, 4.69) is 27.9 Å². The molecular formula is C19H30N4O2. The number of para-hydroxylation sites is 1. The van der Waals surface area contributed by atoms with Gasteiger partial charge >= 0.3 is 0 Å². The molecule has 1 aliphatic rings. The predicted molar refractivity (Wildman–Crippen MR) is 101 cm³/mol. The number of benzene rings is 1. The molecule has 1 amide bonds. The highest BCUT2D eigenvalue weighted by molar-refractivity contribution is 5.81. The fraction of sp³-hybridized carbons (Fsp3) is 0.579. The third-order valence-corrected chi connectivity index (χ3v) is 3.96. The van der Waals surface area contributed by atoms with E-state index in [1.807, 2.05) is 37.3 Å². The molecule has 1 unspecified atom stereocenters. The van der Waals surface area contributed by atoms with Crippen LogP contribution in [0.2, 0.25) is 0 Å². The van der Waals surface area contributed by atoms with Gasteiger partial charge in [-0.25, -0.2) is 4.99 Å². The first-order chi connectivity index (χ1) is 12.2. The summed E-state index contributed by atoms with van der Waals surface area (Å²) in [6.45, 7) is 6.75. The van der Waals surface area contributed by atoms with Gasteiger partial charge in [0.05, 0.1) is 6.54 Å². The van der Waals surface area contributed by atoms with Crippen molar-refractivity contribution in [1.82, 2.24) is 16.0 Å². The molecule has 1 fully saturated rings. The molecule has 25 heavy (non-hydrogen) atoms. The highest BCUT2D eigenvalue weighted by atomic mass is 16.5. The number of nitrogens with zero attached hydrogens (tertiary/aromatic N) is 1. The van der Waals surface area contributed by atoms with Gasteiger partial charge in [0.15, 0.2) is 5.96 Å². The van der Waals surface area contributed by atoms with Gasteiger partial charge in [-0.05, 0) is 38.3 Å². The number of hydrogen-bond acceptors (Lipinski definition) is 3. The number of aliphatic imine (C=N–C) groups is 1. The Morgan fingerprint density at radius 2 is 1.88 bits per heavy atom. The second-order valence-electron chi connectivity index (χ2n) is 6.17. The monoisotopic (exact) mass is 346 g/mol. The van der Waals surface area contributed by atoms with Gasteiger partial charge in [-0.1, -0.05) is 25.1 Å². The van der Waals surface area contributed by atoms with Crippen LogP contribution in [0.15, 0.2) is 35.3 Å². The Kier molecular flexibility index (Phi) is 8.09. The predicted octanol–water partition coefficient (Wildman–Crippen LogP) is 1.93. The third kappa shape index (κ3) is 7.45. The van der Waals surface area contributed by atoms with Crippen LogP contribution in [0.3, 0.4) is 0 Å². The zero-order valence-corrected chi connectivity index (χ0v) is 15.3. The minimum atomic E-state index is 0.0347. The Labute approximate surface area is 150 Å². The number of carbonyl (C=O) groups is 1. The molecule has 1 aromatic carbocycles. The average molecular weight is 346 g/mol. The van der Waals surface area contributed by atoms with Crippen molar-refractivity contribution in [2.24, 2.45) is 10.9 Å². The summed E-state index contributed by atoms with van der Waals surface area (Å²) in [5.74, 6) is 2.04. The quantitative estimate of drug-likeness (QED) is 0.344. The number of nitrogens with one attached hydrogen (secondary N) is 3. The number of guanidine groups is 1. The molecule has 0 spiro atoms. The summed E-state index contributed by atoms with van der Waals surface area (Å²) in [4.78, 5) is 16.2. The molecule has 0 bridgehead atoms. The van der Waals surface area contributed by atoms with Crippen LogP contribution in [0, 0.1) is 5.92 Å². The summed E-state index contributed by atoms with van der Waals surface area (Å²) in [5.41, 5.74) is 0. The molecule has 1 aliphatic carbocycles. The summed E-state index contributed by atoms with van der Waals surface area (Å²) in [6.07, 6.45) is 2.98. The molecule has 0 aliphatic heterocycles. The largest absolute Gasteiger partial charge is 0.489 e. The van der Waals surface area contributed by atoms with Crippen LogP contribution in [-0.4, -0.2) is 44.1 Å². The van der Waals surface area contributed by atoms with Gasteiger partial charge in [-0.2, -0.15) is 0 Å². The molecule has 6 heteroatoms. The molecular weight excluding hydrogens is 316 g/mol. The van der Waals surface area contributed by atoms with Gasteiger partial charge in [0.25, 0.3) is 0 Å². The molecule has 1 aromatic rings. The Bertz CT molecular complexity index is 544. The van der Waals surface area contributed by atoms with E-state index in [0.717, 1.165) is 37.5 Å². The van der Waals surface area contributed by atoms with Crippen LogP contribution in [0.4, 0.5) is 0 Å². The smallest absolute Gasteiger partial charge is 0.223 e. The van der Waals surface area contributed by atoms with Crippen LogP contribution in [0.25, 0.3) is 0 Å². The highest BCUT2D eigenvalue weighted by Crippen LogP contribution is 2.28. The van der Waals surface area contributed by atoms with Crippen molar-refractivity contribution in [3.63, 3.8) is 0 Å². The number of ether oxygens (including phenoxy) is 1. The number of hydrogen-bond donors (Lipinski definition) is 3. The number of carbonyl (C=O) groups excluding carboxylic acids is 1. The Hall–Kier alpha value is -2.24. The first kappa shape index (κ1) is 19.1. The van der Waals surface area contributed by atoms with Crippen molar-refractivity contribution in [1.29, 1.82) is 0 Å². The summed E-state index contributed by atoms with van der Waals surface area (Å²) in [5, 5.41) is 9.41. The third-order valence-electron chi connectivity index (χ3n) is 3.96. The lowest BCUT2D eigenvalue weighted by Gasteiger charge is -2.17. The summed E-state index contributed by atoms with van der Waals surface area (Å²) in [7, 11) is 0. The van der Waals surface area contributed by atoms with Crippen molar-refractivity contribution in [2.75, 3.05) is 26.2 Å². The fourth-order valence-corrected chi connectivity index (χ4v) is 2.33. The fourth-order valence-electron chi connectivity index (χ4n) is 2.33. The summed E-state index contributed by atoms with van der Waals surface area (Å²) < 4.78 is 5.96. The lowest BCUT2D eigenvalue weighted by atomic mass is 10.2. The summed E-state index contributed by atoms with van der Waals surface area (Å²) >= 11 is 0. The van der Waals surface area contributed by atoms with Gasteiger partial charge < -0.3 is 20.7 Å². The average Bonchev–Trinajstić information content (AvgIpc) is 3.47. The first-order valence-electron chi connectivity index (χ1n) is 9.24. The van der Waals surface area contributed by atoms with Crippen molar-refractivity contribution in [2.45, 2.75) is 39.2 Å².